The second kappa shape index (κ2) is 5.72. The topological polar surface area (TPSA) is 18.5 Å². The van der Waals surface area contributed by atoms with Gasteiger partial charge in [0.2, 0.25) is 0 Å². The summed E-state index contributed by atoms with van der Waals surface area (Å²) in [5, 5.41) is 3.59. The maximum absolute atomic E-state index is 3.59. The van der Waals surface area contributed by atoms with Gasteiger partial charge in [-0.1, -0.05) is 17.7 Å². The molecule has 1 atom stereocenters. The third kappa shape index (κ3) is 3.24. The zero-order chi connectivity index (χ0) is 13.1. The average Bonchev–Trinajstić information content (AvgIpc) is 2.46. The lowest BCUT2D eigenvalue weighted by Crippen LogP contribution is -2.39. The molecular formula is C15H25N3. The van der Waals surface area contributed by atoms with E-state index < -0.39 is 0 Å². The predicted octanol–water partition coefficient (Wildman–Crippen LogP) is 1.85. The number of hydrogen-bond acceptors (Lipinski definition) is 3. The van der Waals surface area contributed by atoms with E-state index in [1.54, 1.807) is 0 Å². The molecule has 0 bridgehead atoms. The van der Waals surface area contributed by atoms with Gasteiger partial charge in [-0.05, 0) is 39.6 Å². The Bertz CT molecular complexity index is 401. The van der Waals surface area contributed by atoms with E-state index in [2.05, 4.69) is 61.3 Å². The lowest BCUT2D eigenvalue weighted by Gasteiger charge is -2.28. The van der Waals surface area contributed by atoms with Gasteiger partial charge in [0.25, 0.3) is 0 Å². The van der Waals surface area contributed by atoms with Crippen molar-refractivity contribution in [2.24, 2.45) is 0 Å². The van der Waals surface area contributed by atoms with Gasteiger partial charge in [0.05, 0.1) is 0 Å². The molecule has 0 radical (unpaired) electrons. The molecule has 3 nitrogen and oxygen atoms in total. The number of aryl methyl sites for hydroxylation is 1. The molecule has 2 rings (SSSR count). The van der Waals surface area contributed by atoms with Crippen LogP contribution in [0.5, 0.6) is 0 Å². The molecule has 1 aliphatic heterocycles. The number of hydrogen-bond donors (Lipinski definition) is 1. The van der Waals surface area contributed by atoms with Gasteiger partial charge >= 0.3 is 0 Å². The summed E-state index contributed by atoms with van der Waals surface area (Å²) in [6.07, 6.45) is 0. The number of nitrogens with zero attached hydrogens (tertiary/aromatic N) is 2. The Labute approximate surface area is 111 Å². The fourth-order valence-electron chi connectivity index (χ4n) is 2.47. The first-order valence-corrected chi connectivity index (χ1v) is 6.79. The normalized spacial score (nSPS) is 19.8. The summed E-state index contributed by atoms with van der Waals surface area (Å²) in [7, 11) is 4.27. The standard InChI is InChI=1S/C15H25N3/c1-12-5-6-15-14(9-12)10-16-13(2)11-18(15)8-7-17(3)4/h5-6,9,13,16H,7-8,10-11H2,1-4H3. The molecule has 0 aliphatic carbocycles. The minimum Gasteiger partial charge on any atom is -0.368 e. The van der Waals surface area contributed by atoms with Crippen LogP contribution in [0.15, 0.2) is 18.2 Å². The van der Waals surface area contributed by atoms with E-state index in [0.717, 1.165) is 26.2 Å². The van der Waals surface area contributed by atoms with E-state index in [-0.39, 0.29) is 0 Å². The van der Waals surface area contributed by atoms with E-state index in [0.29, 0.717) is 6.04 Å². The molecule has 0 saturated heterocycles. The highest BCUT2D eigenvalue weighted by atomic mass is 15.2. The van der Waals surface area contributed by atoms with Crippen molar-refractivity contribution in [3.63, 3.8) is 0 Å². The zero-order valence-electron chi connectivity index (χ0n) is 12.0. The number of anilines is 1. The molecule has 0 fully saturated rings. The minimum atomic E-state index is 0.542. The smallest absolute Gasteiger partial charge is 0.0413 e. The Hall–Kier alpha value is -1.06. The van der Waals surface area contributed by atoms with E-state index in [1.165, 1.54) is 16.8 Å². The van der Waals surface area contributed by atoms with Crippen LogP contribution in [0.4, 0.5) is 5.69 Å². The van der Waals surface area contributed by atoms with Crippen molar-refractivity contribution in [2.75, 3.05) is 38.6 Å². The summed E-state index contributed by atoms with van der Waals surface area (Å²) in [6.45, 7) is 8.69. The highest BCUT2D eigenvalue weighted by molar-refractivity contribution is 5.56. The summed E-state index contributed by atoms with van der Waals surface area (Å²) in [5.74, 6) is 0. The van der Waals surface area contributed by atoms with Crippen molar-refractivity contribution in [1.82, 2.24) is 10.2 Å². The second-order valence-corrected chi connectivity index (χ2v) is 5.66. The van der Waals surface area contributed by atoms with Gasteiger partial charge in [0, 0.05) is 37.9 Å². The van der Waals surface area contributed by atoms with E-state index in [1.807, 2.05) is 0 Å². The molecular weight excluding hydrogens is 222 g/mol. The molecule has 3 heteroatoms. The maximum atomic E-state index is 3.59. The fourth-order valence-corrected chi connectivity index (χ4v) is 2.47. The van der Waals surface area contributed by atoms with Gasteiger partial charge in [-0.3, -0.25) is 0 Å². The first-order valence-electron chi connectivity index (χ1n) is 6.79. The molecule has 0 saturated carbocycles. The van der Waals surface area contributed by atoms with Crippen molar-refractivity contribution in [3.8, 4) is 0 Å². The number of rotatable bonds is 3. The zero-order valence-corrected chi connectivity index (χ0v) is 12.0. The largest absolute Gasteiger partial charge is 0.368 e. The quantitative estimate of drug-likeness (QED) is 0.879. The lowest BCUT2D eigenvalue weighted by molar-refractivity contribution is 0.409. The number of benzene rings is 1. The Balaban J connectivity index is 2.22. The van der Waals surface area contributed by atoms with Gasteiger partial charge < -0.3 is 15.1 Å². The van der Waals surface area contributed by atoms with Crippen LogP contribution in [0.1, 0.15) is 18.1 Å². The van der Waals surface area contributed by atoms with Crippen LogP contribution < -0.4 is 10.2 Å². The molecule has 1 aromatic carbocycles. The Morgan fingerprint density at radius 3 is 2.89 bits per heavy atom. The average molecular weight is 247 g/mol. The molecule has 0 spiro atoms. The number of likely N-dealkylation sites (N-methyl/N-ethyl adjacent to an activating group) is 1. The van der Waals surface area contributed by atoms with Crippen LogP contribution >= 0.6 is 0 Å². The SMILES string of the molecule is Cc1ccc2c(c1)CNC(C)CN2CCN(C)C. The molecule has 100 valence electrons. The summed E-state index contributed by atoms with van der Waals surface area (Å²) < 4.78 is 0. The van der Waals surface area contributed by atoms with Gasteiger partial charge in [-0.2, -0.15) is 0 Å². The molecule has 18 heavy (non-hydrogen) atoms. The third-order valence-corrected chi connectivity index (χ3v) is 3.53. The minimum absolute atomic E-state index is 0.542. The second-order valence-electron chi connectivity index (χ2n) is 5.66. The van der Waals surface area contributed by atoms with Crippen LogP contribution in [0.2, 0.25) is 0 Å². The number of nitrogens with one attached hydrogen (secondary N) is 1. The monoisotopic (exact) mass is 247 g/mol. The van der Waals surface area contributed by atoms with Crippen molar-refractivity contribution >= 4 is 5.69 Å². The third-order valence-electron chi connectivity index (χ3n) is 3.53. The van der Waals surface area contributed by atoms with Gasteiger partial charge in [0.15, 0.2) is 0 Å². The van der Waals surface area contributed by atoms with Gasteiger partial charge in [0.1, 0.15) is 0 Å². The maximum Gasteiger partial charge on any atom is 0.0413 e. The summed E-state index contributed by atoms with van der Waals surface area (Å²) in [5.41, 5.74) is 4.18. The van der Waals surface area contributed by atoms with Crippen molar-refractivity contribution in [3.05, 3.63) is 29.3 Å². The number of fused-ring (bicyclic) bond motifs is 1. The highest BCUT2D eigenvalue weighted by Gasteiger charge is 2.18. The molecule has 1 aliphatic rings. The molecule has 0 aromatic heterocycles. The molecule has 0 amide bonds. The Morgan fingerprint density at radius 1 is 1.39 bits per heavy atom. The van der Waals surface area contributed by atoms with Crippen molar-refractivity contribution < 1.29 is 0 Å². The predicted molar refractivity (Wildman–Crippen MR) is 78.2 cm³/mol. The van der Waals surface area contributed by atoms with Crippen molar-refractivity contribution in [2.45, 2.75) is 26.4 Å². The summed E-state index contributed by atoms with van der Waals surface area (Å²) in [6, 6.07) is 7.35. The van der Waals surface area contributed by atoms with Crippen LogP contribution in [0, 0.1) is 6.92 Å². The van der Waals surface area contributed by atoms with Crippen LogP contribution in [-0.2, 0) is 6.54 Å². The van der Waals surface area contributed by atoms with Crippen LogP contribution in [0.3, 0.4) is 0 Å². The van der Waals surface area contributed by atoms with E-state index >= 15 is 0 Å². The molecule has 1 aromatic rings. The van der Waals surface area contributed by atoms with Gasteiger partial charge in [-0.15, -0.1) is 0 Å². The lowest BCUT2D eigenvalue weighted by atomic mass is 10.1. The Morgan fingerprint density at radius 2 is 2.17 bits per heavy atom. The first-order chi connectivity index (χ1) is 8.56. The van der Waals surface area contributed by atoms with Crippen LogP contribution in [0.25, 0.3) is 0 Å². The highest BCUT2D eigenvalue weighted by Crippen LogP contribution is 2.24. The molecule has 1 unspecified atom stereocenters. The fraction of sp³-hybridized carbons (Fsp3) is 0.600. The summed E-state index contributed by atoms with van der Waals surface area (Å²) in [4.78, 5) is 4.76. The van der Waals surface area contributed by atoms with Crippen LogP contribution in [-0.4, -0.2) is 44.7 Å². The van der Waals surface area contributed by atoms with Gasteiger partial charge in [-0.25, -0.2) is 0 Å². The Kier molecular flexibility index (Phi) is 4.25. The molecule has 1 heterocycles. The molecule has 1 N–H and O–H groups in total. The van der Waals surface area contributed by atoms with E-state index in [9.17, 15) is 0 Å². The van der Waals surface area contributed by atoms with Crippen molar-refractivity contribution in [1.29, 1.82) is 0 Å². The first kappa shape index (κ1) is 13.4. The van der Waals surface area contributed by atoms with E-state index in [4.69, 9.17) is 0 Å². The summed E-state index contributed by atoms with van der Waals surface area (Å²) >= 11 is 0.